The zero-order valence-electron chi connectivity index (χ0n) is 12.2. The summed E-state index contributed by atoms with van der Waals surface area (Å²) in [6, 6.07) is 10.4. The van der Waals surface area contributed by atoms with Crippen LogP contribution in [0.1, 0.15) is 36.5 Å². The highest BCUT2D eigenvalue weighted by Crippen LogP contribution is 2.31. The molecule has 1 heterocycles. The third-order valence-electron chi connectivity index (χ3n) is 3.12. The van der Waals surface area contributed by atoms with Crippen LogP contribution in [0.15, 0.2) is 39.2 Å². The molecule has 0 bridgehead atoms. The molecule has 5 heteroatoms. The lowest BCUT2D eigenvalue weighted by Crippen LogP contribution is -2.23. The number of hydrogen-bond donors (Lipinski definition) is 1. The first-order valence-electron chi connectivity index (χ1n) is 6.91. The van der Waals surface area contributed by atoms with Gasteiger partial charge in [-0.25, -0.2) is 0 Å². The first-order valence-corrected chi connectivity index (χ1v) is 8.78. The van der Waals surface area contributed by atoms with Gasteiger partial charge in [0.05, 0.1) is 6.04 Å². The molecule has 1 aromatic carbocycles. The molecule has 114 valence electrons. The van der Waals surface area contributed by atoms with E-state index >= 15 is 0 Å². The van der Waals surface area contributed by atoms with Crippen LogP contribution < -0.4 is 5.32 Å². The molecule has 1 aromatic heterocycles. The first kappa shape index (κ1) is 17.0. The smallest absolute Gasteiger partial charge is 0.129 e. The molecule has 1 unspecified atom stereocenters. The molecule has 2 aromatic rings. The molecular formula is C16H19BrINO2. The van der Waals surface area contributed by atoms with Crippen LogP contribution >= 0.6 is 38.5 Å². The Hall–Kier alpha value is -0.370. The largest absolute Gasteiger partial charge is 0.462 e. The molecule has 0 aliphatic heterocycles. The number of methoxy groups -OCH3 is 1. The Morgan fingerprint density at radius 3 is 2.86 bits per heavy atom. The van der Waals surface area contributed by atoms with Gasteiger partial charge in [-0.2, -0.15) is 0 Å². The van der Waals surface area contributed by atoms with E-state index in [2.05, 4.69) is 69.0 Å². The van der Waals surface area contributed by atoms with Gasteiger partial charge in [-0.3, -0.25) is 0 Å². The Labute approximate surface area is 147 Å². The highest BCUT2D eigenvalue weighted by Gasteiger charge is 2.20. The van der Waals surface area contributed by atoms with Gasteiger partial charge in [0.25, 0.3) is 0 Å². The summed E-state index contributed by atoms with van der Waals surface area (Å²) in [5, 5.41) is 3.56. The SMILES string of the molecule is CCCNC(c1ccc(COC)o1)c1cc(I)ccc1Br. The average Bonchev–Trinajstić information content (AvgIpc) is 2.92. The van der Waals surface area contributed by atoms with Gasteiger partial charge in [-0.1, -0.05) is 22.9 Å². The van der Waals surface area contributed by atoms with E-state index in [1.807, 2.05) is 12.1 Å². The third kappa shape index (κ3) is 4.55. The highest BCUT2D eigenvalue weighted by molar-refractivity contribution is 14.1. The van der Waals surface area contributed by atoms with Crippen LogP contribution in [0.5, 0.6) is 0 Å². The van der Waals surface area contributed by atoms with Crippen LogP contribution in [-0.4, -0.2) is 13.7 Å². The van der Waals surface area contributed by atoms with Crippen LogP contribution in [0.2, 0.25) is 0 Å². The summed E-state index contributed by atoms with van der Waals surface area (Å²) in [5.41, 5.74) is 1.19. The van der Waals surface area contributed by atoms with E-state index < -0.39 is 0 Å². The van der Waals surface area contributed by atoms with Crippen LogP contribution in [0.25, 0.3) is 0 Å². The fourth-order valence-corrected chi connectivity index (χ4v) is 3.15. The predicted molar refractivity (Wildman–Crippen MR) is 96.4 cm³/mol. The van der Waals surface area contributed by atoms with Crippen molar-refractivity contribution in [2.45, 2.75) is 26.0 Å². The topological polar surface area (TPSA) is 34.4 Å². The lowest BCUT2D eigenvalue weighted by atomic mass is 10.0. The molecule has 0 radical (unpaired) electrons. The summed E-state index contributed by atoms with van der Waals surface area (Å²) in [5.74, 6) is 1.76. The number of ether oxygens (including phenoxy) is 1. The highest BCUT2D eigenvalue weighted by atomic mass is 127. The standard InChI is InChI=1S/C16H19BrINO2/c1-3-8-19-16(13-9-11(18)4-6-14(13)17)15-7-5-12(21-15)10-20-2/h4-7,9,16,19H,3,8,10H2,1-2H3. The Morgan fingerprint density at radius 1 is 1.33 bits per heavy atom. The summed E-state index contributed by atoms with van der Waals surface area (Å²) in [6.45, 7) is 3.59. The molecule has 1 N–H and O–H groups in total. The third-order valence-corrected chi connectivity index (χ3v) is 4.51. The monoisotopic (exact) mass is 463 g/mol. The van der Waals surface area contributed by atoms with Crippen molar-refractivity contribution in [2.24, 2.45) is 0 Å². The van der Waals surface area contributed by atoms with Crippen molar-refractivity contribution in [2.75, 3.05) is 13.7 Å². The second kappa shape index (κ2) is 8.31. The van der Waals surface area contributed by atoms with Crippen molar-refractivity contribution >= 4 is 38.5 Å². The summed E-state index contributed by atoms with van der Waals surface area (Å²) >= 11 is 5.98. The zero-order valence-corrected chi connectivity index (χ0v) is 15.9. The van der Waals surface area contributed by atoms with Crippen molar-refractivity contribution in [1.29, 1.82) is 0 Å². The van der Waals surface area contributed by atoms with Crippen molar-refractivity contribution in [3.05, 3.63) is 55.5 Å². The summed E-state index contributed by atoms with van der Waals surface area (Å²) in [7, 11) is 1.67. The minimum atomic E-state index is 0.0413. The maximum atomic E-state index is 5.92. The molecule has 0 saturated heterocycles. The molecule has 0 saturated carbocycles. The molecule has 3 nitrogen and oxygen atoms in total. The fourth-order valence-electron chi connectivity index (χ4n) is 2.16. The Kier molecular flexibility index (Phi) is 6.73. The normalized spacial score (nSPS) is 12.6. The number of benzene rings is 1. The summed E-state index contributed by atoms with van der Waals surface area (Å²) in [4.78, 5) is 0. The maximum absolute atomic E-state index is 5.92. The van der Waals surface area contributed by atoms with Gasteiger partial charge in [0.1, 0.15) is 18.1 Å². The second-order valence-corrected chi connectivity index (χ2v) is 6.89. The van der Waals surface area contributed by atoms with Crippen molar-refractivity contribution < 1.29 is 9.15 Å². The van der Waals surface area contributed by atoms with E-state index in [1.54, 1.807) is 7.11 Å². The molecule has 21 heavy (non-hydrogen) atoms. The van der Waals surface area contributed by atoms with Crippen LogP contribution in [0.4, 0.5) is 0 Å². The number of halogens is 2. The zero-order chi connectivity index (χ0) is 15.2. The van der Waals surface area contributed by atoms with Crippen LogP contribution in [0.3, 0.4) is 0 Å². The van der Waals surface area contributed by atoms with E-state index in [9.17, 15) is 0 Å². The van der Waals surface area contributed by atoms with E-state index in [0.717, 1.165) is 29.0 Å². The maximum Gasteiger partial charge on any atom is 0.129 e. The van der Waals surface area contributed by atoms with Gasteiger partial charge >= 0.3 is 0 Å². The van der Waals surface area contributed by atoms with Gasteiger partial charge < -0.3 is 14.5 Å². The number of furan rings is 1. The van der Waals surface area contributed by atoms with Crippen molar-refractivity contribution in [3.8, 4) is 0 Å². The quantitative estimate of drug-likeness (QED) is 0.594. The summed E-state index contributed by atoms with van der Waals surface area (Å²) < 4.78 is 13.3. The van der Waals surface area contributed by atoms with Crippen molar-refractivity contribution in [1.82, 2.24) is 5.32 Å². The molecule has 0 aliphatic carbocycles. The Balaban J connectivity index is 2.34. The van der Waals surface area contributed by atoms with Gasteiger partial charge in [0.2, 0.25) is 0 Å². The van der Waals surface area contributed by atoms with E-state index in [0.29, 0.717) is 6.61 Å². The number of hydrogen-bond acceptors (Lipinski definition) is 3. The lowest BCUT2D eigenvalue weighted by Gasteiger charge is -2.18. The first-order chi connectivity index (χ1) is 10.2. The summed E-state index contributed by atoms with van der Waals surface area (Å²) in [6.07, 6.45) is 1.07. The van der Waals surface area contributed by atoms with Crippen molar-refractivity contribution in [3.63, 3.8) is 0 Å². The minimum Gasteiger partial charge on any atom is -0.462 e. The molecule has 2 rings (SSSR count). The Bertz CT molecular complexity index is 585. The van der Waals surface area contributed by atoms with E-state index in [1.165, 1.54) is 9.13 Å². The predicted octanol–water partition coefficient (Wildman–Crippen LogP) is 4.88. The fraction of sp³-hybridized carbons (Fsp3) is 0.375. The molecule has 0 spiro atoms. The molecule has 0 fully saturated rings. The van der Waals surface area contributed by atoms with Crippen LogP contribution in [0, 0.1) is 3.57 Å². The van der Waals surface area contributed by atoms with Gasteiger partial charge in [-0.15, -0.1) is 0 Å². The van der Waals surface area contributed by atoms with Gasteiger partial charge in [0, 0.05) is 15.2 Å². The second-order valence-electron chi connectivity index (χ2n) is 4.79. The van der Waals surface area contributed by atoms with Gasteiger partial charge in [-0.05, 0) is 71.5 Å². The number of nitrogens with one attached hydrogen (secondary N) is 1. The van der Waals surface area contributed by atoms with E-state index in [-0.39, 0.29) is 6.04 Å². The van der Waals surface area contributed by atoms with Crippen LogP contribution in [-0.2, 0) is 11.3 Å². The lowest BCUT2D eigenvalue weighted by molar-refractivity contribution is 0.162. The Morgan fingerprint density at radius 2 is 2.14 bits per heavy atom. The average molecular weight is 464 g/mol. The molecule has 0 aliphatic rings. The molecule has 0 amide bonds. The number of rotatable bonds is 7. The molecule has 1 atom stereocenters. The van der Waals surface area contributed by atoms with E-state index in [4.69, 9.17) is 9.15 Å². The van der Waals surface area contributed by atoms with Gasteiger partial charge in [0.15, 0.2) is 0 Å². The molecular weight excluding hydrogens is 445 g/mol. The minimum absolute atomic E-state index is 0.0413.